The third kappa shape index (κ3) is 16.5. The summed E-state index contributed by atoms with van der Waals surface area (Å²) in [5, 5.41) is 26.5. The molecule has 5 heterocycles. The second kappa shape index (κ2) is 30.5. The van der Waals surface area contributed by atoms with Crippen molar-refractivity contribution in [1.29, 1.82) is 0 Å². The zero-order valence-corrected chi connectivity index (χ0v) is 52.3. The van der Waals surface area contributed by atoms with E-state index >= 15 is 0 Å². The summed E-state index contributed by atoms with van der Waals surface area (Å²) in [6, 6.07) is 13.8. The van der Waals surface area contributed by atoms with Crippen LogP contribution < -0.4 is 64.3 Å². The molecule has 2 atom stereocenters. The Morgan fingerprint density at radius 2 is 1.38 bits per heavy atom. The Kier molecular flexibility index (Phi) is 22.2. The SMILES string of the molecule is CCn1nc(C)cc1C(=O)Nc1nc2cc(C(N)=O)cc(OCCCNC(=O)CCNC(=O)OCc3ccc(NC(=O)[C@H](CCCNC(N)=O)NC(=O)C(N)C(C)C)cc3)c2n1C/C=C/Cn1c2nc(-c3cc(C)nn3CC)ncc2c2cc(C(N)=O)cc(OC)c21. The van der Waals surface area contributed by atoms with Crippen LogP contribution in [0.5, 0.6) is 11.5 Å². The second-order valence-corrected chi connectivity index (χ2v) is 21.9. The van der Waals surface area contributed by atoms with Crippen LogP contribution in [-0.2, 0) is 51.9 Å². The third-order valence-electron chi connectivity index (χ3n) is 14.8. The number of imidazole rings is 1. The number of benzene rings is 3. The van der Waals surface area contributed by atoms with Gasteiger partial charge in [-0.15, -0.1) is 0 Å². The summed E-state index contributed by atoms with van der Waals surface area (Å²) in [7, 11) is 1.50. The van der Waals surface area contributed by atoms with Gasteiger partial charge < -0.3 is 72.9 Å². The maximum atomic E-state index is 14.0. The number of methoxy groups -OCH3 is 1. The Labute approximate surface area is 528 Å². The molecule has 92 heavy (non-hydrogen) atoms. The van der Waals surface area contributed by atoms with Gasteiger partial charge in [0.25, 0.3) is 5.91 Å². The predicted octanol–water partition coefficient (Wildman–Crippen LogP) is 4.42. The number of nitrogens with two attached hydrogens (primary N) is 4. The van der Waals surface area contributed by atoms with Gasteiger partial charge in [-0.25, -0.2) is 24.5 Å². The van der Waals surface area contributed by atoms with Crippen molar-refractivity contribution in [3.05, 3.63) is 113 Å². The number of primary amides is 3. The van der Waals surface area contributed by atoms with E-state index in [9.17, 15) is 38.4 Å². The highest BCUT2D eigenvalue weighted by molar-refractivity contribution is 6.12. The van der Waals surface area contributed by atoms with Gasteiger partial charge in [0.2, 0.25) is 35.5 Å². The zero-order chi connectivity index (χ0) is 66.3. The topological polar surface area (TPSA) is 425 Å². The first-order chi connectivity index (χ1) is 44.1. The van der Waals surface area contributed by atoms with E-state index in [0.717, 1.165) is 11.4 Å². The molecule has 9 amide bonds. The van der Waals surface area contributed by atoms with Gasteiger partial charge in [0.15, 0.2) is 5.82 Å². The molecular formula is C62H77N19O11. The number of alkyl carbamates (subject to hydrolysis) is 1. The fourth-order valence-corrected chi connectivity index (χ4v) is 10.1. The monoisotopic (exact) mass is 1260 g/mol. The molecular weight excluding hydrogens is 1190 g/mol. The van der Waals surface area contributed by atoms with Crippen LogP contribution in [0.4, 0.5) is 21.2 Å². The second-order valence-electron chi connectivity index (χ2n) is 21.9. The molecule has 0 aliphatic carbocycles. The van der Waals surface area contributed by atoms with Gasteiger partial charge in [0.1, 0.15) is 46.7 Å². The molecule has 8 aromatic rings. The number of carbonyl (C=O) groups is 8. The van der Waals surface area contributed by atoms with Gasteiger partial charge in [-0.3, -0.25) is 43.4 Å². The van der Waals surface area contributed by atoms with Crippen LogP contribution in [-0.4, -0.2) is 137 Å². The molecule has 0 saturated heterocycles. The Bertz CT molecular complexity index is 4090. The number of urea groups is 1. The molecule has 0 bridgehead atoms. The third-order valence-corrected chi connectivity index (χ3v) is 14.8. The first-order valence-electron chi connectivity index (χ1n) is 29.9. The molecule has 486 valence electrons. The van der Waals surface area contributed by atoms with Crippen molar-refractivity contribution in [3.63, 3.8) is 0 Å². The number of aryl methyl sites for hydroxylation is 4. The summed E-state index contributed by atoms with van der Waals surface area (Å²) in [6.07, 6.45) is 5.47. The number of allylic oxidation sites excluding steroid dienone is 2. The van der Waals surface area contributed by atoms with Crippen molar-refractivity contribution in [2.45, 2.75) is 112 Å². The molecule has 14 N–H and O–H groups in total. The van der Waals surface area contributed by atoms with E-state index in [1.165, 1.54) is 19.2 Å². The van der Waals surface area contributed by atoms with Crippen molar-refractivity contribution < 1.29 is 52.6 Å². The van der Waals surface area contributed by atoms with Crippen molar-refractivity contribution in [2.24, 2.45) is 28.9 Å². The number of nitrogens with one attached hydrogen (secondary N) is 6. The lowest BCUT2D eigenvalue weighted by Gasteiger charge is -2.22. The number of aromatic nitrogens is 9. The number of hydrogen-bond acceptors (Lipinski definition) is 17. The fraction of sp³-hybridized carbons (Fsp3) is 0.371. The average molecular weight is 1260 g/mol. The van der Waals surface area contributed by atoms with E-state index in [1.54, 1.807) is 78.7 Å². The van der Waals surface area contributed by atoms with Gasteiger partial charge in [-0.2, -0.15) is 10.2 Å². The summed E-state index contributed by atoms with van der Waals surface area (Å²) in [6.45, 7) is 12.7. The molecule has 0 fully saturated rings. The minimum atomic E-state index is -0.953. The molecule has 30 heteroatoms. The summed E-state index contributed by atoms with van der Waals surface area (Å²) in [4.78, 5) is 117. The zero-order valence-electron chi connectivity index (χ0n) is 52.3. The van der Waals surface area contributed by atoms with Gasteiger partial charge in [0.05, 0.1) is 42.2 Å². The molecule has 0 radical (unpaired) electrons. The highest BCUT2D eigenvalue weighted by Crippen LogP contribution is 2.37. The molecule has 5 aromatic heterocycles. The number of ether oxygens (including phenoxy) is 3. The van der Waals surface area contributed by atoms with Gasteiger partial charge in [-0.1, -0.05) is 38.1 Å². The lowest BCUT2D eigenvalue weighted by Crippen LogP contribution is -2.51. The summed E-state index contributed by atoms with van der Waals surface area (Å²) in [5.41, 5.74) is 28.4. The lowest BCUT2D eigenvalue weighted by molar-refractivity contribution is -0.128. The number of rotatable bonds is 31. The first-order valence-corrected chi connectivity index (χ1v) is 29.9. The Morgan fingerprint density at radius 1 is 0.707 bits per heavy atom. The van der Waals surface area contributed by atoms with Crippen molar-refractivity contribution >= 4 is 92.2 Å². The molecule has 1 unspecified atom stereocenters. The normalized spacial score (nSPS) is 12.1. The highest BCUT2D eigenvalue weighted by atomic mass is 16.5. The van der Waals surface area contributed by atoms with Crippen LogP contribution in [0, 0.1) is 19.8 Å². The number of hydrogen-bond donors (Lipinski definition) is 10. The van der Waals surface area contributed by atoms with E-state index in [2.05, 4.69) is 42.1 Å². The number of fused-ring (bicyclic) bond motifs is 4. The van der Waals surface area contributed by atoms with Gasteiger partial charge in [0, 0.05) is 86.0 Å². The number of carbonyl (C=O) groups excluding carboxylic acids is 8. The smallest absolute Gasteiger partial charge is 0.407 e. The molecule has 0 saturated carbocycles. The van der Waals surface area contributed by atoms with E-state index in [0.29, 0.717) is 87.6 Å². The van der Waals surface area contributed by atoms with Crippen LogP contribution >= 0.6 is 0 Å². The first kappa shape index (κ1) is 67.0. The number of anilines is 2. The largest absolute Gasteiger partial charge is 0.495 e. The Morgan fingerprint density at radius 3 is 2.07 bits per heavy atom. The highest BCUT2D eigenvalue weighted by Gasteiger charge is 2.27. The van der Waals surface area contributed by atoms with Crippen molar-refractivity contribution in [2.75, 3.05) is 44.0 Å². The Balaban J connectivity index is 0.912. The molecule has 0 aliphatic heterocycles. The predicted molar refractivity (Wildman–Crippen MR) is 342 cm³/mol. The van der Waals surface area contributed by atoms with Crippen LogP contribution in [0.1, 0.15) is 102 Å². The lowest BCUT2D eigenvalue weighted by atomic mass is 10.0. The summed E-state index contributed by atoms with van der Waals surface area (Å²) >= 11 is 0. The minimum Gasteiger partial charge on any atom is -0.495 e. The minimum absolute atomic E-state index is 0.0358. The summed E-state index contributed by atoms with van der Waals surface area (Å²) in [5.74, 6) is -2.24. The number of amides is 9. The van der Waals surface area contributed by atoms with Crippen molar-refractivity contribution in [3.8, 4) is 23.0 Å². The van der Waals surface area contributed by atoms with Crippen LogP contribution in [0.15, 0.2) is 79.0 Å². The van der Waals surface area contributed by atoms with E-state index in [4.69, 9.17) is 52.1 Å². The van der Waals surface area contributed by atoms with E-state index in [1.807, 2.05) is 48.2 Å². The van der Waals surface area contributed by atoms with Crippen LogP contribution in [0.3, 0.4) is 0 Å². The average Bonchev–Trinajstić information content (AvgIpc) is 1.59. The standard InChI is InChI=1S/C62H77N19O11/c1-8-80-45(26-35(5)76-80)55-70-32-42-41-28-38(53(64)83)30-47(90-7)51(41)78(56(42)74-55)23-10-11-24-79-52-44(73-61(79)75-58(86)46-27-36(6)77-81(46)9-2)29-39(54(65)84)31-48(52)91-25-13-21-67-49(82)19-22-69-62(89)92-33-37-15-17-40(18-16-37)71-57(85)43(14-12-20-68-60(66)88)72-59(87)50(63)34(3)4/h10-11,15-18,26-32,34,43,50H,8-9,12-14,19-25,33,63H2,1-7H3,(H2,64,83)(H2,65,84)(H,67,82)(H,69,89)(H,71,85)(H,72,87)(H3,66,68,88)(H,73,75,86)/b11-10+/t43-,50?/m0/s1. The maximum Gasteiger partial charge on any atom is 0.407 e. The molecule has 3 aromatic carbocycles. The van der Waals surface area contributed by atoms with Gasteiger partial charge in [-0.05, 0) is 107 Å². The molecule has 30 nitrogen and oxygen atoms in total. The maximum absolute atomic E-state index is 14.0. The quantitative estimate of drug-likeness (QED) is 0.0212. The van der Waals surface area contributed by atoms with Crippen LogP contribution in [0.25, 0.3) is 44.5 Å². The molecule has 0 aliphatic rings. The molecule has 0 spiro atoms. The van der Waals surface area contributed by atoms with E-state index < -0.39 is 53.7 Å². The fourth-order valence-electron chi connectivity index (χ4n) is 10.1. The number of nitrogens with zero attached hydrogens (tertiary/aromatic N) is 9. The van der Waals surface area contributed by atoms with E-state index in [-0.39, 0.29) is 98.9 Å². The van der Waals surface area contributed by atoms with Gasteiger partial charge >= 0.3 is 12.1 Å². The van der Waals surface area contributed by atoms with Crippen LogP contribution in [0.2, 0.25) is 0 Å². The van der Waals surface area contributed by atoms with Crippen molar-refractivity contribution in [1.82, 2.24) is 64.9 Å². The Hall–Kier alpha value is -10.9. The summed E-state index contributed by atoms with van der Waals surface area (Å²) < 4.78 is 24.6. The molecule has 8 rings (SSSR count).